The Balaban J connectivity index is 0.00000324. The Bertz CT molecular complexity index is 386. The Hall–Kier alpha value is -1.46. The maximum Gasteiger partial charge on any atom is 0.411 e. The van der Waals surface area contributed by atoms with E-state index in [1.807, 2.05) is 38.1 Å². The van der Waals surface area contributed by atoms with Crippen molar-refractivity contribution in [3.05, 3.63) is 24.3 Å². The number of rotatable bonds is 6. The standard InChI is InChI=1S/C13H20N2O3.ClH/c1-4-17-12-7-5-6-11(10-12)14-13(16)18-9-8-15(2)3;/h5-7,10H,4,8-9H2,1-3H3,(H,14,16);1H. The average molecular weight is 289 g/mol. The Morgan fingerprint density at radius 3 is 2.74 bits per heavy atom. The maximum absolute atomic E-state index is 11.5. The van der Waals surface area contributed by atoms with Crippen LogP contribution in [0.5, 0.6) is 5.75 Å². The highest BCUT2D eigenvalue weighted by molar-refractivity contribution is 5.85. The first kappa shape index (κ1) is 17.5. The molecule has 1 amide bonds. The van der Waals surface area contributed by atoms with Crippen LogP contribution in [-0.2, 0) is 4.74 Å². The zero-order chi connectivity index (χ0) is 13.4. The number of halogens is 1. The summed E-state index contributed by atoms with van der Waals surface area (Å²) in [5.41, 5.74) is 0.663. The molecular formula is C13H21ClN2O3. The first-order valence-electron chi connectivity index (χ1n) is 5.93. The minimum atomic E-state index is -0.453. The lowest BCUT2D eigenvalue weighted by Gasteiger charge is -2.11. The summed E-state index contributed by atoms with van der Waals surface area (Å²) in [6.45, 7) is 3.57. The molecule has 6 heteroatoms. The molecule has 1 N–H and O–H groups in total. The van der Waals surface area contributed by atoms with E-state index in [-0.39, 0.29) is 12.4 Å². The number of likely N-dealkylation sites (N-methyl/N-ethyl adjacent to an activating group) is 1. The van der Waals surface area contributed by atoms with Crippen LogP contribution in [-0.4, -0.2) is 44.8 Å². The summed E-state index contributed by atoms with van der Waals surface area (Å²) in [6.07, 6.45) is -0.453. The van der Waals surface area contributed by atoms with Gasteiger partial charge in [-0.3, -0.25) is 5.32 Å². The molecule has 1 aromatic rings. The highest BCUT2D eigenvalue weighted by Gasteiger charge is 2.04. The first-order valence-corrected chi connectivity index (χ1v) is 5.93. The van der Waals surface area contributed by atoms with Gasteiger partial charge in [0.1, 0.15) is 12.4 Å². The Labute approximate surface area is 120 Å². The van der Waals surface area contributed by atoms with E-state index in [2.05, 4.69) is 5.32 Å². The summed E-state index contributed by atoms with van der Waals surface area (Å²) in [7, 11) is 3.85. The van der Waals surface area contributed by atoms with Gasteiger partial charge in [0.25, 0.3) is 0 Å². The number of nitrogens with one attached hydrogen (secondary N) is 1. The van der Waals surface area contributed by atoms with Gasteiger partial charge in [0.05, 0.1) is 6.61 Å². The molecule has 0 heterocycles. The number of amides is 1. The van der Waals surface area contributed by atoms with Gasteiger partial charge in [-0.25, -0.2) is 4.79 Å². The predicted octanol–water partition coefficient (Wildman–Crippen LogP) is 2.62. The van der Waals surface area contributed by atoms with Crippen molar-refractivity contribution in [1.82, 2.24) is 4.90 Å². The van der Waals surface area contributed by atoms with Gasteiger partial charge in [-0.05, 0) is 33.2 Å². The zero-order valence-electron chi connectivity index (χ0n) is 11.5. The fourth-order valence-corrected chi connectivity index (χ4v) is 1.31. The molecule has 108 valence electrons. The smallest absolute Gasteiger partial charge is 0.411 e. The molecule has 0 fully saturated rings. The lowest BCUT2D eigenvalue weighted by molar-refractivity contribution is 0.151. The monoisotopic (exact) mass is 288 g/mol. The molecule has 0 bridgehead atoms. The molecule has 1 aromatic carbocycles. The van der Waals surface area contributed by atoms with E-state index in [9.17, 15) is 4.79 Å². The van der Waals surface area contributed by atoms with Crippen LogP contribution in [0.25, 0.3) is 0 Å². The molecule has 0 atom stereocenters. The molecule has 0 aliphatic heterocycles. The Kier molecular flexibility index (Phi) is 8.74. The molecule has 19 heavy (non-hydrogen) atoms. The number of carbonyl (C=O) groups is 1. The van der Waals surface area contributed by atoms with Crippen LogP contribution in [0.15, 0.2) is 24.3 Å². The summed E-state index contributed by atoms with van der Waals surface area (Å²) in [5, 5.41) is 2.65. The molecule has 5 nitrogen and oxygen atoms in total. The van der Waals surface area contributed by atoms with E-state index < -0.39 is 6.09 Å². The van der Waals surface area contributed by atoms with Crippen LogP contribution in [0.3, 0.4) is 0 Å². The number of nitrogens with zero attached hydrogens (tertiary/aromatic N) is 1. The molecule has 0 aliphatic rings. The molecule has 0 spiro atoms. The van der Waals surface area contributed by atoms with Gasteiger partial charge in [-0.2, -0.15) is 0 Å². The fraction of sp³-hybridized carbons (Fsp3) is 0.462. The SMILES string of the molecule is CCOc1cccc(NC(=O)OCCN(C)C)c1.Cl. The number of hydrogen-bond acceptors (Lipinski definition) is 4. The number of carbonyl (C=O) groups excluding carboxylic acids is 1. The van der Waals surface area contributed by atoms with Crippen LogP contribution in [0.1, 0.15) is 6.92 Å². The second kappa shape index (κ2) is 9.47. The predicted molar refractivity (Wildman–Crippen MR) is 78.4 cm³/mol. The van der Waals surface area contributed by atoms with Crippen molar-refractivity contribution in [2.75, 3.05) is 39.2 Å². The van der Waals surface area contributed by atoms with E-state index in [0.29, 0.717) is 25.4 Å². The van der Waals surface area contributed by atoms with E-state index in [4.69, 9.17) is 9.47 Å². The number of hydrogen-bond donors (Lipinski definition) is 1. The van der Waals surface area contributed by atoms with Gasteiger partial charge in [-0.1, -0.05) is 6.07 Å². The Morgan fingerprint density at radius 2 is 2.11 bits per heavy atom. The van der Waals surface area contributed by atoms with Crippen molar-refractivity contribution < 1.29 is 14.3 Å². The van der Waals surface area contributed by atoms with Crippen molar-refractivity contribution >= 4 is 24.2 Å². The highest BCUT2D eigenvalue weighted by Crippen LogP contribution is 2.17. The molecule has 0 radical (unpaired) electrons. The minimum absolute atomic E-state index is 0. The van der Waals surface area contributed by atoms with Crippen molar-refractivity contribution in [3.8, 4) is 5.75 Å². The number of benzene rings is 1. The second-order valence-corrected chi connectivity index (χ2v) is 4.03. The topological polar surface area (TPSA) is 50.8 Å². The normalized spacial score (nSPS) is 9.68. The quantitative estimate of drug-likeness (QED) is 0.874. The molecular weight excluding hydrogens is 268 g/mol. The average Bonchev–Trinajstić information content (AvgIpc) is 2.29. The fourth-order valence-electron chi connectivity index (χ4n) is 1.31. The summed E-state index contributed by atoms with van der Waals surface area (Å²) < 4.78 is 10.4. The van der Waals surface area contributed by atoms with Crippen LogP contribution in [0.2, 0.25) is 0 Å². The highest BCUT2D eigenvalue weighted by atomic mass is 35.5. The van der Waals surface area contributed by atoms with E-state index >= 15 is 0 Å². The summed E-state index contributed by atoms with van der Waals surface area (Å²) in [6, 6.07) is 7.21. The molecule has 0 unspecified atom stereocenters. The van der Waals surface area contributed by atoms with Crippen LogP contribution in [0, 0.1) is 0 Å². The minimum Gasteiger partial charge on any atom is -0.494 e. The van der Waals surface area contributed by atoms with Crippen molar-refractivity contribution in [2.45, 2.75) is 6.92 Å². The summed E-state index contributed by atoms with van der Waals surface area (Å²) in [4.78, 5) is 13.4. The van der Waals surface area contributed by atoms with Crippen molar-refractivity contribution in [2.24, 2.45) is 0 Å². The van der Waals surface area contributed by atoms with Gasteiger partial charge in [0.15, 0.2) is 0 Å². The van der Waals surface area contributed by atoms with E-state index in [0.717, 1.165) is 5.75 Å². The maximum atomic E-state index is 11.5. The lowest BCUT2D eigenvalue weighted by Crippen LogP contribution is -2.22. The number of anilines is 1. The third-order valence-electron chi connectivity index (χ3n) is 2.16. The van der Waals surface area contributed by atoms with Crippen molar-refractivity contribution in [1.29, 1.82) is 0 Å². The van der Waals surface area contributed by atoms with Gasteiger partial charge in [0, 0.05) is 18.3 Å². The first-order chi connectivity index (χ1) is 8.61. The van der Waals surface area contributed by atoms with Gasteiger partial charge < -0.3 is 14.4 Å². The third-order valence-corrected chi connectivity index (χ3v) is 2.16. The lowest BCUT2D eigenvalue weighted by atomic mass is 10.3. The molecule has 0 saturated heterocycles. The van der Waals surface area contributed by atoms with E-state index in [1.54, 1.807) is 12.1 Å². The van der Waals surface area contributed by atoms with Crippen LogP contribution >= 0.6 is 12.4 Å². The molecule has 0 aromatic heterocycles. The zero-order valence-corrected chi connectivity index (χ0v) is 12.3. The Morgan fingerprint density at radius 1 is 1.37 bits per heavy atom. The molecule has 0 saturated carbocycles. The molecule has 0 aliphatic carbocycles. The van der Waals surface area contributed by atoms with Crippen LogP contribution < -0.4 is 10.1 Å². The van der Waals surface area contributed by atoms with Crippen LogP contribution in [0.4, 0.5) is 10.5 Å². The second-order valence-electron chi connectivity index (χ2n) is 4.03. The third kappa shape index (κ3) is 7.54. The summed E-state index contributed by atoms with van der Waals surface area (Å²) in [5.74, 6) is 0.726. The summed E-state index contributed by atoms with van der Waals surface area (Å²) >= 11 is 0. The van der Waals surface area contributed by atoms with Crippen molar-refractivity contribution in [3.63, 3.8) is 0 Å². The number of ether oxygens (including phenoxy) is 2. The van der Waals surface area contributed by atoms with Gasteiger partial charge in [-0.15, -0.1) is 12.4 Å². The molecule has 1 rings (SSSR count). The van der Waals surface area contributed by atoms with Gasteiger partial charge >= 0.3 is 6.09 Å². The van der Waals surface area contributed by atoms with E-state index in [1.165, 1.54) is 0 Å². The largest absolute Gasteiger partial charge is 0.494 e. The van der Waals surface area contributed by atoms with Gasteiger partial charge in [0.2, 0.25) is 0 Å².